The Kier molecular flexibility index (Phi) is 6.00. The minimum atomic E-state index is -0.398. The highest BCUT2D eigenvalue weighted by Crippen LogP contribution is 2.27. The molecular weight excluding hydrogens is 412 g/mol. The monoisotopic (exact) mass is 432 g/mol. The van der Waals surface area contributed by atoms with Crippen LogP contribution in [0, 0.1) is 0 Å². The summed E-state index contributed by atoms with van der Waals surface area (Å²) in [6.07, 6.45) is 0.934. The average molecular weight is 433 g/mol. The van der Waals surface area contributed by atoms with Gasteiger partial charge in [0, 0.05) is 11.3 Å². The zero-order valence-corrected chi connectivity index (χ0v) is 17.9. The van der Waals surface area contributed by atoms with Gasteiger partial charge in [0.25, 0.3) is 5.91 Å². The van der Waals surface area contributed by atoms with Crippen LogP contribution < -0.4 is 10.1 Å². The van der Waals surface area contributed by atoms with Gasteiger partial charge in [0.15, 0.2) is 5.82 Å². The van der Waals surface area contributed by atoms with Crippen LogP contribution in [-0.2, 0) is 6.42 Å². The van der Waals surface area contributed by atoms with Gasteiger partial charge in [-0.2, -0.15) is 0 Å². The molecule has 0 spiro atoms. The first-order chi connectivity index (χ1) is 15.1. The van der Waals surface area contributed by atoms with E-state index in [2.05, 4.69) is 22.3 Å². The number of nitrogens with one attached hydrogen (secondary N) is 1. The third kappa shape index (κ3) is 4.44. The number of methoxy groups -OCH3 is 1. The maximum absolute atomic E-state index is 12.9. The van der Waals surface area contributed by atoms with Crippen LogP contribution >= 0.6 is 11.6 Å². The van der Waals surface area contributed by atoms with Crippen molar-refractivity contribution in [1.82, 2.24) is 14.8 Å². The van der Waals surface area contributed by atoms with Gasteiger partial charge in [-0.25, -0.2) is 9.67 Å². The quantitative estimate of drug-likeness (QED) is 0.442. The van der Waals surface area contributed by atoms with E-state index in [9.17, 15) is 4.79 Å². The summed E-state index contributed by atoms with van der Waals surface area (Å²) in [7, 11) is 1.61. The Morgan fingerprint density at radius 2 is 1.74 bits per heavy atom. The molecule has 0 unspecified atom stereocenters. The van der Waals surface area contributed by atoms with E-state index in [0.717, 1.165) is 17.7 Å². The summed E-state index contributed by atoms with van der Waals surface area (Å²) in [6, 6.07) is 22.4. The van der Waals surface area contributed by atoms with E-state index < -0.39 is 5.91 Å². The molecule has 1 N–H and O–H groups in total. The van der Waals surface area contributed by atoms with Gasteiger partial charge in [-0.3, -0.25) is 4.79 Å². The second-order valence-electron chi connectivity index (χ2n) is 6.86. The van der Waals surface area contributed by atoms with Gasteiger partial charge in [-0.1, -0.05) is 42.8 Å². The summed E-state index contributed by atoms with van der Waals surface area (Å²) in [6.45, 7) is 2.08. The molecule has 0 atom stereocenters. The molecule has 0 aliphatic carbocycles. The van der Waals surface area contributed by atoms with Crippen molar-refractivity contribution in [1.29, 1.82) is 0 Å². The number of carbonyl (C=O) groups is 1. The lowest BCUT2D eigenvalue weighted by atomic mass is 10.1. The first-order valence-electron chi connectivity index (χ1n) is 9.85. The summed E-state index contributed by atoms with van der Waals surface area (Å²) in [5.74, 6) is 0.874. The van der Waals surface area contributed by atoms with Crippen molar-refractivity contribution in [2.45, 2.75) is 13.3 Å². The molecule has 1 amide bonds. The Morgan fingerprint density at radius 1 is 1.03 bits per heavy atom. The molecule has 0 aliphatic rings. The van der Waals surface area contributed by atoms with Gasteiger partial charge in [0.2, 0.25) is 5.82 Å². The lowest BCUT2D eigenvalue weighted by Gasteiger charge is -2.08. The number of amides is 1. The van der Waals surface area contributed by atoms with Crippen LogP contribution in [0.25, 0.3) is 17.1 Å². The first-order valence-corrected chi connectivity index (χ1v) is 10.2. The van der Waals surface area contributed by atoms with Crippen LogP contribution in [0.15, 0.2) is 72.8 Å². The summed E-state index contributed by atoms with van der Waals surface area (Å²) in [5.41, 5.74) is 3.29. The summed E-state index contributed by atoms with van der Waals surface area (Å²) < 4.78 is 6.82. The van der Waals surface area contributed by atoms with Crippen molar-refractivity contribution in [2.24, 2.45) is 0 Å². The Bertz CT molecular complexity index is 1200. The molecular formula is C24H21ClN4O2. The van der Waals surface area contributed by atoms with E-state index in [-0.39, 0.29) is 5.82 Å². The van der Waals surface area contributed by atoms with Gasteiger partial charge >= 0.3 is 0 Å². The molecule has 1 aromatic heterocycles. The molecule has 4 aromatic rings. The lowest BCUT2D eigenvalue weighted by molar-refractivity contribution is 0.101. The van der Waals surface area contributed by atoms with E-state index in [1.165, 1.54) is 5.56 Å². The van der Waals surface area contributed by atoms with E-state index in [0.29, 0.717) is 22.2 Å². The minimum Gasteiger partial charge on any atom is -0.497 e. The first kappa shape index (κ1) is 20.6. The summed E-state index contributed by atoms with van der Waals surface area (Å²) in [4.78, 5) is 17.4. The fourth-order valence-corrected chi connectivity index (χ4v) is 3.35. The van der Waals surface area contributed by atoms with Crippen LogP contribution in [0.3, 0.4) is 0 Å². The Labute approximate surface area is 185 Å². The Morgan fingerprint density at radius 3 is 2.39 bits per heavy atom. The van der Waals surface area contributed by atoms with Gasteiger partial charge in [0.1, 0.15) is 5.75 Å². The van der Waals surface area contributed by atoms with Crippen LogP contribution in [0.1, 0.15) is 23.1 Å². The molecule has 0 saturated heterocycles. The number of rotatable bonds is 6. The van der Waals surface area contributed by atoms with E-state index >= 15 is 0 Å². The number of hydrogen-bond donors (Lipinski definition) is 1. The maximum Gasteiger partial charge on any atom is 0.295 e. The smallest absolute Gasteiger partial charge is 0.295 e. The van der Waals surface area contributed by atoms with Gasteiger partial charge in [0.05, 0.1) is 17.8 Å². The fraction of sp³-hybridized carbons (Fsp3) is 0.125. The van der Waals surface area contributed by atoms with Crippen LogP contribution in [0.4, 0.5) is 5.69 Å². The predicted octanol–water partition coefficient (Wildman–Crippen LogP) is 5.41. The molecule has 0 radical (unpaired) electrons. The van der Waals surface area contributed by atoms with Gasteiger partial charge in [-0.05, 0) is 60.5 Å². The lowest BCUT2D eigenvalue weighted by Crippen LogP contribution is -2.14. The number of anilines is 1. The Hall–Kier alpha value is -3.64. The molecule has 1 heterocycles. The normalized spacial score (nSPS) is 10.7. The highest BCUT2D eigenvalue weighted by Gasteiger charge is 2.20. The van der Waals surface area contributed by atoms with Crippen LogP contribution in [0.2, 0.25) is 5.02 Å². The number of aryl methyl sites for hydroxylation is 1. The third-order valence-corrected chi connectivity index (χ3v) is 5.18. The Balaban J connectivity index is 1.73. The molecule has 3 aromatic carbocycles. The topological polar surface area (TPSA) is 69.0 Å². The van der Waals surface area contributed by atoms with Gasteiger partial charge < -0.3 is 10.1 Å². The van der Waals surface area contributed by atoms with Crippen molar-refractivity contribution in [3.05, 3.63) is 89.2 Å². The van der Waals surface area contributed by atoms with Gasteiger partial charge in [-0.15, -0.1) is 5.10 Å². The van der Waals surface area contributed by atoms with E-state index in [4.69, 9.17) is 16.3 Å². The second kappa shape index (κ2) is 9.02. The number of halogens is 1. The standard InChI is InChI=1S/C24H21ClN4O2/c1-3-16-8-12-18(13-9-16)26-24(30)22-27-23(17-10-14-19(31-2)15-11-17)29(28-22)21-7-5-4-6-20(21)25/h4-15H,3H2,1-2H3,(H,26,30). The number of carbonyl (C=O) groups excluding carboxylic acids is 1. The molecule has 4 rings (SSSR count). The van der Waals surface area contributed by atoms with E-state index in [1.54, 1.807) is 17.9 Å². The average Bonchev–Trinajstić information content (AvgIpc) is 3.25. The zero-order valence-electron chi connectivity index (χ0n) is 17.2. The third-order valence-electron chi connectivity index (χ3n) is 4.86. The molecule has 0 aliphatic heterocycles. The summed E-state index contributed by atoms with van der Waals surface area (Å²) in [5, 5.41) is 7.83. The maximum atomic E-state index is 12.9. The largest absolute Gasteiger partial charge is 0.497 e. The fourth-order valence-electron chi connectivity index (χ4n) is 3.14. The zero-order chi connectivity index (χ0) is 21.8. The number of aromatic nitrogens is 3. The number of nitrogens with zero attached hydrogens (tertiary/aromatic N) is 3. The highest BCUT2D eigenvalue weighted by molar-refractivity contribution is 6.32. The number of ether oxygens (including phenoxy) is 1. The number of hydrogen-bond acceptors (Lipinski definition) is 4. The number of para-hydroxylation sites is 1. The number of benzene rings is 3. The minimum absolute atomic E-state index is 0.0466. The molecule has 0 fully saturated rings. The molecule has 31 heavy (non-hydrogen) atoms. The van der Waals surface area contributed by atoms with E-state index in [1.807, 2.05) is 66.7 Å². The second-order valence-corrected chi connectivity index (χ2v) is 7.26. The van der Waals surface area contributed by atoms with Crippen molar-refractivity contribution >= 4 is 23.2 Å². The van der Waals surface area contributed by atoms with Crippen molar-refractivity contribution < 1.29 is 9.53 Å². The van der Waals surface area contributed by atoms with Crippen molar-refractivity contribution in [2.75, 3.05) is 12.4 Å². The molecule has 6 nitrogen and oxygen atoms in total. The van der Waals surface area contributed by atoms with Crippen LogP contribution in [0.5, 0.6) is 5.75 Å². The molecule has 156 valence electrons. The van der Waals surface area contributed by atoms with Crippen LogP contribution in [-0.4, -0.2) is 27.8 Å². The summed E-state index contributed by atoms with van der Waals surface area (Å²) >= 11 is 6.40. The van der Waals surface area contributed by atoms with Crippen molar-refractivity contribution in [3.8, 4) is 22.8 Å². The SMILES string of the molecule is CCc1ccc(NC(=O)c2nc(-c3ccc(OC)cc3)n(-c3ccccc3Cl)n2)cc1. The molecule has 0 saturated carbocycles. The van der Waals surface area contributed by atoms with Crippen molar-refractivity contribution in [3.63, 3.8) is 0 Å². The molecule has 0 bridgehead atoms. The highest BCUT2D eigenvalue weighted by atomic mass is 35.5. The molecule has 7 heteroatoms. The predicted molar refractivity (Wildman–Crippen MR) is 122 cm³/mol.